The summed E-state index contributed by atoms with van der Waals surface area (Å²) >= 11 is 0. The van der Waals surface area contributed by atoms with Crippen LogP contribution in [0.5, 0.6) is 0 Å². The Labute approximate surface area is 26.2 Å². The Hall–Kier alpha value is -0.0800. The fraction of sp³-hybridized carbons (Fsp3) is 1.00. The van der Waals surface area contributed by atoms with E-state index in [0.717, 1.165) is 0 Å². The summed E-state index contributed by atoms with van der Waals surface area (Å²) in [6.45, 7) is 4.00. The van der Waals surface area contributed by atoms with Gasteiger partial charge in [-0.05, 0) is 0 Å². The second kappa shape index (κ2) is 1680. The lowest BCUT2D eigenvalue weighted by molar-refractivity contribution is 0.311. The number of hydrogen-bond donors (Lipinski definition) is 2. The largest absolute Gasteiger partial charge is 0.320 e. The Morgan fingerprint density at radius 3 is 1.25 bits per heavy atom. The van der Waals surface area contributed by atoms with Crippen LogP contribution in [-0.2, 0) is 0 Å². The molecule has 4 heavy (non-hydrogen) atoms. The topological polar surface area (TPSA) is 46.2 Å². The van der Waals surface area contributed by atoms with E-state index in [2.05, 4.69) is 5.90 Å². The van der Waals surface area contributed by atoms with E-state index in [-0.39, 0.29) is 0 Å². The van der Waals surface area contributed by atoms with Crippen LogP contribution in [0.15, 0.2) is 0 Å². The Bertz CT molecular complexity index is 6.00. The highest BCUT2D eigenvalue weighted by atomic mass is 16.4. The van der Waals surface area contributed by atoms with Crippen molar-refractivity contribution in [2.24, 2.45) is 5.90 Å². The van der Waals surface area contributed by atoms with Crippen LogP contribution in [0, 0.1) is 0 Å². The quantitative estimate of drug-likeness (QED) is 0.399. The van der Waals surface area contributed by atoms with Crippen LogP contribution in [0.3, 0.4) is 0 Å². The van der Waals surface area contributed by atoms with Crippen molar-refractivity contribution < 1.29 is 5.21 Å². The van der Waals surface area contributed by atoms with E-state index < -0.39 is 0 Å². The van der Waals surface area contributed by atoms with Crippen molar-refractivity contribution in [2.45, 2.75) is 13.8 Å². The molecule has 0 fully saturated rings. The molecule has 0 radical (unpaired) electrons. The maximum atomic E-state index is 6.50. The fourth-order valence-electron chi connectivity index (χ4n) is 0. The molecule has 2 nitrogen and oxygen atoms in total. The molecule has 3 N–H and O–H groups in total. The van der Waals surface area contributed by atoms with E-state index in [0.29, 0.717) is 0 Å². The molecule has 0 bridgehead atoms. The van der Waals surface area contributed by atoms with Gasteiger partial charge >= 0.3 is 0 Å². The summed E-state index contributed by atoms with van der Waals surface area (Å²) in [5.41, 5.74) is 0. The zero-order valence-electron chi connectivity index (χ0n) is 3.02. The van der Waals surface area contributed by atoms with Gasteiger partial charge < -0.3 is 5.21 Å². The molecular formula is C2H9NO. The summed E-state index contributed by atoms with van der Waals surface area (Å²) in [5, 5.41) is 6.50. The first-order valence-electron chi connectivity index (χ1n) is 1.26. The van der Waals surface area contributed by atoms with Crippen molar-refractivity contribution in [2.75, 3.05) is 0 Å². The van der Waals surface area contributed by atoms with Crippen molar-refractivity contribution in [3.8, 4) is 0 Å². The molecular weight excluding hydrogens is 54.0 g/mol. The summed E-state index contributed by atoms with van der Waals surface area (Å²) < 4.78 is 0. The van der Waals surface area contributed by atoms with Crippen LogP contribution < -0.4 is 5.90 Å². The van der Waals surface area contributed by atoms with Gasteiger partial charge in [0.1, 0.15) is 0 Å². The molecule has 2 heteroatoms. The van der Waals surface area contributed by atoms with Crippen LogP contribution in [0.2, 0.25) is 0 Å². The second-order valence-corrected chi connectivity index (χ2v) is 0. The third-order valence-electron chi connectivity index (χ3n) is 0. The van der Waals surface area contributed by atoms with Gasteiger partial charge in [0.15, 0.2) is 0 Å². The summed E-state index contributed by atoms with van der Waals surface area (Å²) in [4.78, 5) is 0. The van der Waals surface area contributed by atoms with E-state index in [1.54, 1.807) is 0 Å². The molecule has 0 atom stereocenters. The van der Waals surface area contributed by atoms with Crippen LogP contribution in [0.1, 0.15) is 13.8 Å². The molecule has 0 aliphatic heterocycles. The van der Waals surface area contributed by atoms with Crippen molar-refractivity contribution in [3.05, 3.63) is 0 Å². The van der Waals surface area contributed by atoms with E-state index in [1.807, 2.05) is 13.8 Å². The first kappa shape index (κ1) is 9.07. The minimum Gasteiger partial charge on any atom is -0.320 e. The monoisotopic (exact) mass is 63.1 g/mol. The lowest BCUT2D eigenvalue weighted by atomic mass is 11.0. The highest BCUT2D eigenvalue weighted by Gasteiger charge is 0.932. The minimum absolute atomic E-state index is 2.00. The van der Waals surface area contributed by atoms with E-state index in [1.165, 1.54) is 0 Å². The standard InChI is InChI=1S/C2H6.H3NO/c2*1-2/h1-2H3;2H,1H2. The summed E-state index contributed by atoms with van der Waals surface area (Å²) in [6.07, 6.45) is 0. The maximum absolute atomic E-state index is 6.50. The summed E-state index contributed by atoms with van der Waals surface area (Å²) in [7, 11) is 0. The zero-order valence-corrected chi connectivity index (χ0v) is 3.02. The van der Waals surface area contributed by atoms with Gasteiger partial charge in [-0.25, -0.2) is 5.90 Å². The Kier molecular flexibility index (Phi) is 3810. The van der Waals surface area contributed by atoms with Crippen LogP contribution >= 0.6 is 0 Å². The summed E-state index contributed by atoms with van der Waals surface area (Å²) in [5.74, 6) is 3.50. The fourth-order valence-corrected chi connectivity index (χ4v) is 0. The molecule has 0 aromatic rings. The van der Waals surface area contributed by atoms with E-state index in [4.69, 9.17) is 5.21 Å². The zero-order chi connectivity index (χ0) is 4.00. The first-order chi connectivity index (χ1) is 2.00. The predicted molar refractivity (Wildman–Crippen MR) is 17.3 cm³/mol. The van der Waals surface area contributed by atoms with Gasteiger partial charge in [-0.15, -0.1) is 0 Å². The third-order valence-corrected chi connectivity index (χ3v) is 0. The maximum Gasteiger partial charge on any atom is -0.0683 e. The highest BCUT2D eigenvalue weighted by molar-refractivity contribution is 3.50. The molecule has 0 saturated carbocycles. The molecule has 0 amide bonds. The van der Waals surface area contributed by atoms with E-state index >= 15 is 0 Å². The average Bonchev–Trinajstić information content (AvgIpc) is 1.50. The number of hydrogen-bond acceptors (Lipinski definition) is 2. The molecule has 0 aromatic heterocycles. The van der Waals surface area contributed by atoms with Crippen molar-refractivity contribution in [1.82, 2.24) is 0 Å². The summed E-state index contributed by atoms with van der Waals surface area (Å²) in [6, 6.07) is 0. The molecule has 0 aliphatic carbocycles. The van der Waals surface area contributed by atoms with Gasteiger partial charge in [-0.1, -0.05) is 13.8 Å². The Balaban J connectivity index is 0. The molecule has 0 rings (SSSR count). The van der Waals surface area contributed by atoms with Crippen molar-refractivity contribution >= 4 is 0 Å². The van der Waals surface area contributed by atoms with Crippen LogP contribution in [0.25, 0.3) is 0 Å². The first-order valence-corrected chi connectivity index (χ1v) is 1.26. The lowest BCUT2D eigenvalue weighted by Crippen LogP contribution is -1.72. The normalized spacial score (nSPS) is 3.00. The average molecular weight is 63.1 g/mol. The smallest absolute Gasteiger partial charge is 0.0683 e. The Morgan fingerprint density at radius 2 is 1.25 bits per heavy atom. The van der Waals surface area contributed by atoms with Gasteiger partial charge in [0.2, 0.25) is 0 Å². The SMILES string of the molecule is CC.NO. The molecule has 28 valence electrons. The Morgan fingerprint density at radius 1 is 1.25 bits per heavy atom. The molecule has 0 heterocycles. The molecule has 0 unspecified atom stereocenters. The predicted octanol–water partition coefficient (Wildman–Crippen LogP) is 0.361. The van der Waals surface area contributed by atoms with E-state index in [9.17, 15) is 0 Å². The van der Waals surface area contributed by atoms with Crippen LogP contribution in [-0.4, -0.2) is 5.21 Å². The lowest BCUT2D eigenvalue weighted by Gasteiger charge is -1.27. The van der Waals surface area contributed by atoms with Gasteiger partial charge in [0.05, 0.1) is 0 Å². The number of nitrogens with two attached hydrogens (primary N) is 1. The van der Waals surface area contributed by atoms with Gasteiger partial charge in [-0.2, -0.15) is 0 Å². The van der Waals surface area contributed by atoms with Gasteiger partial charge in [-0.3, -0.25) is 0 Å². The second-order valence-electron chi connectivity index (χ2n) is 0. The highest BCUT2D eigenvalue weighted by Crippen LogP contribution is 1.14. The molecule has 0 spiro atoms. The molecule has 0 aliphatic rings. The van der Waals surface area contributed by atoms with Crippen molar-refractivity contribution in [3.63, 3.8) is 0 Å². The van der Waals surface area contributed by atoms with Crippen molar-refractivity contribution in [1.29, 1.82) is 0 Å². The van der Waals surface area contributed by atoms with Crippen LogP contribution in [0.4, 0.5) is 0 Å². The number of rotatable bonds is 0. The van der Waals surface area contributed by atoms with Gasteiger partial charge in [0, 0.05) is 0 Å². The van der Waals surface area contributed by atoms with Gasteiger partial charge in [0.25, 0.3) is 0 Å². The third kappa shape index (κ3) is 254. The minimum atomic E-state index is 2.00. The molecule has 0 saturated heterocycles. The molecule has 0 aromatic carbocycles.